The molecule has 0 saturated heterocycles. The van der Waals surface area contributed by atoms with Crippen LogP contribution in [-0.2, 0) is 10.0 Å². The number of phenols is 2. The van der Waals surface area contributed by atoms with E-state index in [-0.39, 0.29) is 17.4 Å². The lowest BCUT2D eigenvalue weighted by Crippen LogP contribution is -2.09. The van der Waals surface area contributed by atoms with Gasteiger partial charge in [0.15, 0.2) is 0 Å². The number of hydrogen-bond acceptors (Lipinski definition) is 4. The standard InChI is InChI=1S/C16H19NO4S/c1-10(2)13-8-14(16(19)9-15(13)18)11-5-4-6-12(7-11)17-22(3,20)21/h4-10,17-19H,1-3H3. The molecule has 0 unspecified atom stereocenters. The van der Waals surface area contributed by atoms with Gasteiger partial charge in [0.25, 0.3) is 0 Å². The SMILES string of the molecule is CC(C)c1cc(-c2cccc(NS(C)(=O)=O)c2)c(O)cc1O. The Morgan fingerprint density at radius 1 is 1.05 bits per heavy atom. The zero-order valence-electron chi connectivity index (χ0n) is 12.7. The first kappa shape index (κ1) is 16.2. The van der Waals surface area contributed by atoms with Gasteiger partial charge in [-0.2, -0.15) is 0 Å². The van der Waals surface area contributed by atoms with Crippen molar-refractivity contribution in [1.82, 2.24) is 0 Å². The normalized spacial score (nSPS) is 11.6. The second-order valence-corrected chi connectivity index (χ2v) is 7.29. The Hall–Kier alpha value is -2.21. The van der Waals surface area contributed by atoms with Crippen LogP contribution < -0.4 is 4.72 Å². The van der Waals surface area contributed by atoms with Crippen molar-refractivity contribution >= 4 is 15.7 Å². The molecule has 3 N–H and O–H groups in total. The van der Waals surface area contributed by atoms with Gasteiger partial charge in [0, 0.05) is 17.3 Å². The summed E-state index contributed by atoms with van der Waals surface area (Å²) in [5.74, 6) is 0.0803. The van der Waals surface area contributed by atoms with Crippen LogP contribution in [0.4, 0.5) is 5.69 Å². The lowest BCUT2D eigenvalue weighted by atomic mass is 9.95. The Kier molecular flexibility index (Phi) is 4.32. The maximum absolute atomic E-state index is 11.3. The summed E-state index contributed by atoms with van der Waals surface area (Å²) >= 11 is 0. The highest BCUT2D eigenvalue weighted by molar-refractivity contribution is 7.92. The predicted molar refractivity (Wildman–Crippen MR) is 87.8 cm³/mol. The molecule has 5 nitrogen and oxygen atoms in total. The van der Waals surface area contributed by atoms with Crippen LogP contribution in [0, 0.1) is 0 Å². The van der Waals surface area contributed by atoms with Crippen LogP contribution in [0.5, 0.6) is 11.5 Å². The topological polar surface area (TPSA) is 86.6 Å². The number of anilines is 1. The van der Waals surface area contributed by atoms with Crippen molar-refractivity contribution in [2.45, 2.75) is 19.8 Å². The first-order valence-electron chi connectivity index (χ1n) is 6.81. The van der Waals surface area contributed by atoms with E-state index >= 15 is 0 Å². The molecular weight excluding hydrogens is 302 g/mol. The molecule has 0 amide bonds. The molecule has 0 aromatic heterocycles. The van der Waals surface area contributed by atoms with Crippen molar-refractivity contribution in [3.8, 4) is 22.6 Å². The van der Waals surface area contributed by atoms with E-state index in [0.29, 0.717) is 22.4 Å². The van der Waals surface area contributed by atoms with Crippen molar-refractivity contribution in [2.75, 3.05) is 11.0 Å². The third-order valence-electron chi connectivity index (χ3n) is 3.24. The van der Waals surface area contributed by atoms with Crippen LogP contribution in [0.2, 0.25) is 0 Å². The summed E-state index contributed by atoms with van der Waals surface area (Å²) in [6.07, 6.45) is 1.08. The van der Waals surface area contributed by atoms with Crippen molar-refractivity contribution in [1.29, 1.82) is 0 Å². The van der Waals surface area contributed by atoms with E-state index in [9.17, 15) is 18.6 Å². The summed E-state index contributed by atoms with van der Waals surface area (Å²) in [4.78, 5) is 0. The Labute approximate surface area is 130 Å². The van der Waals surface area contributed by atoms with Crippen LogP contribution in [-0.4, -0.2) is 24.9 Å². The first-order valence-corrected chi connectivity index (χ1v) is 8.70. The highest BCUT2D eigenvalue weighted by Crippen LogP contribution is 2.38. The number of aromatic hydroxyl groups is 2. The number of benzene rings is 2. The molecule has 0 spiro atoms. The van der Waals surface area contributed by atoms with E-state index in [0.717, 1.165) is 6.26 Å². The Morgan fingerprint density at radius 2 is 1.73 bits per heavy atom. The molecule has 0 bridgehead atoms. The third kappa shape index (κ3) is 3.71. The van der Waals surface area contributed by atoms with E-state index in [2.05, 4.69) is 4.72 Å². The number of hydrogen-bond donors (Lipinski definition) is 3. The van der Waals surface area contributed by atoms with Gasteiger partial charge in [-0.15, -0.1) is 0 Å². The maximum atomic E-state index is 11.3. The van der Waals surface area contributed by atoms with Gasteiger partial charge >= 0.3 is 0 Å². The van der Waals surface area contributed by atoms with Gasteiger partial charge < -0.3 is 10.2 Å². The molecular formula is C16H19NO4S. The van der Waals surface area contributed by atoms with E-state index < -0.39 is 10.0 Å². The molecule has 0 heterocycles. The van der Waals surface area contributed by atoms with E-state index in [4.69, 9.17) is 0 Å². The number of rotatable bonds is 4. The van der Waals surface area contributed by atoms with Gasteiger partial charge in [-0.3, -0.25) is 4.72 Å². The van der Waals surface area contributed by atoms with Crippen LogP contribution in [0.25, 0.3) is 11.1 Å². The van der Waals surface area contributed by atoms with Gasteiger partial charge in [-0.05, 0) is 35.2 Å². The Balaban J connectivity index is 2.52. The fourth-order valence-corrected chi connectivity index (χ4v) is 2.81. The molecule has 2 aromatic rings. The van der Waals surface area contributed by atoms with Gasteiger partial charge in [0.05, 0.1) is 6.26 Å². The molecule has 0 aliphatic heterocycles. The summed E-state index contributed by atoms with van der Waals surface area (Å²) in [7, 11) is -3.37. The molecule has 0 aliphatic carbocycles. The minimum absolute atomic E-state index is 0.0432. The molecule has 118 valence electrons. The van der Waals surface area contributed by atoms with Gasteiger partial charge in [0.1, 0.15) is 11.5 Å². The third-order valence-corrected chi connectivity index (χ3v) is 3.85. The predicted octanol–water partition coefficient (Wildman–Crippen LogP) is 3.26. The molecule has 6 heteroatoms. The van der Waals surface area contributed by atoms with Crippen molar-refractivity contribution < 1.29 is 18.6 Å². The quantitative estimate of drug-likeness (QED) is 0.806. The van der Waals surface area contributed by atoms with Gasteiger partial charge in [-0.1, -0.05) is 26.0 Å². The number of phenolic OH excluding ortho intramolecular Hbond substituents is 2. The van der Waals surface area contributed by atoms with E-state index in [1.807, 2.05) is 13.8 Å². The fraction of sp³-hybridized carbons (Fsp3) is 0.250. The van der Waals surface area contributed by atoms with Crippen molar-refractivity contribution in [3.05, 3.63) is 42.0 Å². The zero-order valence-corrected chi connectivity index (χ0v) is 13.5. The number of sulfonamides is 1. The summed E-state index contributed by atoms with van der Waals surface area (Å²) in [6, 6.07) is 9.76. The highest BCUT2D eigenvalue weighted by atomic mass is 32.2. The van der Waals surface area contributed by atoms with Crippen LogP contribution in [0.1, 0.15) is 25.3 Å². The van der Waals surface area contributed by atoms with Crippen LogP contribution >= 0.6 is 0 Å². The lowest BCUT2D eigenvalue weighted by molar-refractivity contribution is 0.445. The summed E-state index contributed by atoms with van der Waals surface area (Å²) in [5, 5.41) is 20.0. The van der Waals surface area contributed by atoms with E-state index in [1.165, 1.54) is 6.07 Å². The Morgan fingerprint density at radius 3 is 2.32 bits per heavy atom. The smallest absolute Gasteiger partial charge is 0.229 e. The lowest BCUT2D eigenvalue weighted by Gasteiger charge is -2.13. The summed E-state index contributed by atoms with van der Waals surface area (Å²) in [6.45, 7) is 3.88. The average Bonchev–Trinajstić information content (AvgIpc) is 2.36. The van der Waals surface area contributed by atoms with Crippen molar-refractivity contribution in [3.63, 3.8) is 0 Å². The monoisotopic (exact) mass is 321 g/mol. The minimum atomic E-state index is -3.37. The zero-order chi connectivity index (χ0) is 16.5. The molecule has 0 atom stereocenters. The Bertz CT molecular complexity index is 798. The summed E-state index contributed by atoms with van der Waals surface area (Å²) < 4.78 is 25.0. The second-order valence-electron chi connectivity index (χ2n) is 5.54. The highest BCUT2D eigenvalue weighted by Gasteiger charge is 2.13. The molecule has 0 aliphatic rings. The maximum Gasteiger partial charge on any atom is 0.229 e. The minimum Gasteiger partial charge on any atom is -0.508 e. The molecule has 0 radical (unpaired) electrons. The fourth-order valence-electron chi connectivity index (χ4n) is 2.25. The molecule has 0 saturated carbocycles. The molecule has 22 heavy (non-hydrogen) atoms. The average molecular weight is 321 g/mol. The molecule has 0 fully saturated rings. The van der Waals surface area contributed by atoms with Crippen LogP contribution in [0.3, 0.4) is 0 Å². The number of nitrogens with one attached hydrogen (secondary N) is 1. The van der Waals surface area contributed by atoms with Gasteiger partial charge in [-0.25, -0.2) is 8.42 Å². The van der Waals surface area contributed by atoms with Crippen molar-refractivity contribution in [2.24, 2.45) is 0 Å². The van der Waals surface area contributed by atoms with E-state index in [1.54, 1.807) is 30.3 Å². The molecule has 2 aromatic carbocycles. The largest absolute Gasteiger partial charge is 0.508 e. The van der Waals surface area contributed by atoms with Gasteiger partial charge in [0.2, 0.25) is 10.0 Å². The first-order chi connectivity index (χ1) is 10.2. The second kappa shape index (κ2) is 5.88. The molecule has 2 rings (SSSR count). The summed E-state index contributed by atoms with van der Waals surface area (Å²) in [5.41, 5.74) is 2.33. The van der Waals surface area contributed by atoms with Crippen LogP contribution in [0.15, 0.2) is 36.4 Å².